The van der Waals surface area contributed by atoms with Crippen molar-refractivity contribution in [1.82, 2.24) is 10.2 Å². The fourth-order valence-electron chi connectivity index (χ4n) is 4.08. The summed E-state index contributed by atoms with van der Waals surface area (Å²) < 4.78 is 5.86. The molecule has 3 nitrogen and oxygen atoms in total. The minimum atomic E-state index is 0.483. The Bertz CT molecular complexity index is 270. The molecular formula is C18H36N2O. The summed E-state index contributed by atoms with van der Waals surface area (Å²) in [6, 6.07) is 0.750. The second-order valence-electron chi connectivity index (χ2n) is 6.94. The Morgan fingerprint density at radius 1 is 1.05 bits per heavy atom. The highest BCUT2D eigenvalue weighted by Crippen LogP contribution is 2.26. The third-order valence-corrected chi connectivity index (χ3v) is 5.17. The third-order valence-electron chi connectivity index (χ3n) is 5.17. The molecule has 1 heterocycles. The Balaban J connectivity index is 1.84. The van der Waals surface area contributed by atoms with E-state index >= 15 is 0 Å². The van der Waals surface area contributed by atoms with E-state index in [1.54, 1.807) is 0 Å². The van der Waals surface area contributed by atoms with E-state index in [0.29, 0.717) is 6.10 Å². The standard InChI is InChI=1S/C18H36N2O/c1-3-12-19-18-11-7-5-6-9-16(18)14-20-13-8-10-17(15-20)21-4-2/h16-19H,3-15H2,1-2H3. The molecule has 1 saturated carbocycles. The Labute approximate surface area is 131 Å². The van der Waals surface area contributed by atoms with Gasteiger partial charge in [0.2, 0.25) is 0 Å². The van der Waals surface area contributed by atoms with Gasteiger partial charge in [0.05, 0.1) is 6.10 Å². The lowest BCUT2D eigenvalue weighted by Gasteiger charge is -2.37. The van der Waals surface area contributed by atoms with Gasteiger partial charge < -0.3 is 15.0 Å². The molecule has 0 aromatic heterocycles. The number of nitrogens with zero attached hydrogens (tertiary/aromatic N) is 1. The average Bonchev–Trinajstić information content (AvgIpc) is 2.71. The second-order valence-corrected chi connectivity index (χ2v) is 6.94. The van der Waals surface area contributed by atoms with Gasteiger partial charge in [-0.2, -0.15) is 0 Å². The molecule has 1 aliphatic carbocycles. The maximum absolute atomic E-state index is 5.86. The van der Waals surface area contributed by atoms with Crippen LogP contribution in [0, 0.1) is 5.92 Å². The second kappa shape index (κ2) is 9.81. The van der Waals surface area contributed by atoms with Crippen LogP contribution in [0.2, 0.25) is 0 Å². The summed E-state index contributed by atoms with van der Waals surface area (Å²) in [4.78, 5) is 2.68. The molecule has 0 aromatic rings. The van der Waals surface area contributed by atoms with Crippen LogP contribution in [-0.4, -0.2) is 49.8 Å². The number of ether oxygens (including phenoxy) is 1. The number of rotatable bonds is 7. The van der Waals surface area contributed by atoms with Crippen molar-refractivity contribution in [2.75, 3.05) is 32.8 Å². The van der Waals surface area contributed by atoms with Gasteiger partial charge in [-0.3, -0.25) is 0 Å². The first-order valence-electron chi connectivity index (χ1n) is 9.40. The van der Waals surface area contributed by atoms with Gasteiger partial charge in [-0.1, -0.05) is 26.2 Å². The summed E-state index contributed by atoms with van der Waals surface area (Å²) in [6.07, 6.45) is 11.4. The van der Waals surface area contributed by atoms with E-state index in [9.17, 15) is 0 Å². The van der Waals surface area contributed by atoms with Crippen molar-refractivity contribution in [3.63, 3.8) is 0 Å². The minimum absolute atomic E-state index is 0.483. The first-order chi connectivity index (χ1) is 10.3. The molecule has 2 rings (SSSR count). The summed E-state index contributed by atoms with van der Waals surface area (Å²) in [5, 5.41) is 3.83. The maximum atomic E-state index is 5.86. The van der Waals surface area contributed by atoms with Crippen LogP contribution in [0.15, 0.2) is 0 Å². The summed E-state index contributed by atoms with van der Waals surface area (Å²) in [5.74, 6) is 0.847. The van der Waals surface area contributed by atoms with Crippen molar-refractivity contribution in [3.8, 4) is 0 Å². The smallest absolute Gasteiger partial charge is 0.0702 e. The predicted octanol–water partition coefficient (Wildman–Crippen LogP) is 3.44. The van der Waals surface area contributed by atoms with E-state index in [1.165, 1.54) is 71.0 Å². The lowest BCUT2D eigenvalue weighted by Crippen LogP contribution is -2.46. The summed E-state index contributed by atoms with van der Waals surface area (Å²) in [7, 11) is 0. The summed E-state index contributed by atoms with van der Waals surface area (Å²) in [6.45, 7) is 10.2. The highest BCUT2D eigenvalue weighted by atomic mass is 16.5. The molecule has 0 bridgehead atoms. The lowest BCUT2D eigenvalue weighted by atomic mass is 9.93. The molecule has 0 radical (unpaired) electrons. The van der Waals surface area contributed by atoms with Crippen LogP contribution in [0.5, 0.6) is 0 Å². The fraction of sp³-hybridized carbons (Fsp3) is 1.00. The molecule has 0 amide bonds. The molecule has 1 N–H and O–H groups in total. The number of hydrogen-bond acceptors (Lipinski definition) is 3. The summed E-state index contributed by atoms with van der Waals surface area (Å²) in [5.41, 5.74) is 0. The van der Waals surface area contributed by atoms with Crippen LogP contribution in [-0.2, 0) is 4.74 Å². The van der Waals surface area contributed by atoms with Gasteiger partial charge in [-0.15, -0.1) is 0 Å². The first-order valence-corrected chi connectivity index (χ1v) is 9.40. The van der Waals surface area contributed by atoms with Crippen LogP contribution in [0.1, 0.15) is 65.2 Å². The molecule has 2 aliphatic rings. The first kappa shape index (κ1) is 17.2. The van der Waals surface area contributed by atoms with Gasteiger partial charge in [0.1, 0.15) is 0 Å². The van der Waals surface area contributed by atoms with Gasteiger partial charge in [0.15, 0.2) is 0 Å². The molecule has 1 saturated heterocycles. The number of piperidine rings is 1. The van der Waals surface area contributed by atoms with Gasteiger partial charge in [0, 0.05) is 25.7 Å². The Morgan fingerprint density at radius 3 is 2.71 bits per heavy atom. The molecule has 0 spiro atoms. The predicted molar refractivity (Wildman–Crippen MR) is 89.7 cm³/mol. The molecule has 1 aliphatic heterocycles. The highest BCUT2D eigenvalue weighted by Gasteiger charge is 2.27. The van der Waals surface area contributed by atoms with Crippen LogP contribution in [0.4, 0.5) is 0 Å². The van der Waals surface area contributed by atoms with E-state index in [4.69, 9.17) is 4.74 Å². The molecule has 3 atom stereocenters. The fourth-order valence-corrected chi connectivity index (χ4v) is 4.08. The zero-order valence-electron chi connectivity index (χ0n) is 14.3. The molecule has 124 valence electrons. The Hall–Kier alpha value is -0.120. The van der Waals surface area contributed by atoms with Crippen molar-refractivity contribution in [2.45, 2.75) is 77.4 Å². The van der Waals surface area contributed by atoms with Crippen molar-refractivity contribution < 1.29 is 4.74 Å². The van der Waals surface area contributed by atoms with Gasteiger partial charge in [0.25, 0.3) is 0 Å². The van der Waals surface area contributed by atoms with E-state index < -0.39 is 0 Å². The van der Waals surface area contributed by atoms with Gasteiger partial charge in [-0.25, -0.2) is 0 Å². The minimum Gasteiger partial charge on any atom is -0.377 e. The third kappa shape index (κ3) is 5.88. The van der Waals surface area contributed by atoms with E-state index in [-0.39, 0.29) is 0 Å². The SMILES string of the molecule is CCCNC1CCCCCC1CN1CCCC(OCC)C1. The summed E-state index contributed by atoms with van der Waals surface area (Å²) >= 11 is 0. The zero-order valence-corrected chi connectivity index (χ0v) is 14.3. The molecule has 2 fully saturated rings. The van der Waals surface area contributed by atoms with E-state index in [0.717, 1.165) is 25.1 Å². The molecule has 21 heavy (non-hydrogen) atoms. The molecule has 3 heteroatoms. The maximum Gasteiger partial charge on any atom is 0.0702 e. The molecular weight excluding hydrogens is 260 g/mol. The van der Waals surface area contributed by atoms with Crippen molar-refractivity contribution in [3.05, 3.63) is 0 Å². The molecule has 3 unspecified atom stereocenters. The monoisotopic (exact) mass is 296 g/mol. The van der Waals surface area contributed by atoms with Gasteiger partial charge in [-0.05, 0) is 58.0 Å². The highest BCUT2D eigenvalue weighted by molar-refractivity contribution is 4.84. The van der Waals surface area contributed by atoms with E-state index in [2.05, 4.69) is 24.1 Å². The van der Waals surface area contributed by atoms with Crippen LogP contribution < -0.4 is 5.32 Å². The Kier molecular flexibility index (Phi) is 8.05. The van der Waals surface area contributed by atoms with E-state index in [1.807, 2.05) is 0 Å². The normalized spacial score (nSPS) is 32.0. The topological polar surface area (TPSA) is 24.5 Å². The van der Waals surface area contributed by atoms with Crippen LogP contribution >= 0.6 is 0 Å². The zero-order chi connectivity index (χ0) is 14.9. The number of nitrogens with one attached hydrogen (secondary N) is 1. The van der Waals surface area contributed by atoms with Crippen LogP contribution in [0.25, 0.3) is 0 Å². The number of hydrogen-bond donors (Lipinski definition) is 1. The van der Waals surface area contributed by atoms with Crippen molar-refractivity contribution >= 4 is 0 Å². The number of likely N-dealkylation sites (tertiary alicyclic amines) is 1. The largest absolute Gasteiger partial charge is 0.377 e. The lowest BCUT2D eigenvalue weighted by molar-refractivity contribution is -0.000148. The van der Waals surface area contributed by atoms with Crippen molar-refractivity contribution in [1.29, 1.82) is 0 Å². The Morgan fingerprint density at radius 2 is 1.90 bits per heavy atom. The van der Waals surface area contributed by atoms with Crippen molar-refractivity contribution in [2.24, 2.45) is 5.92 Å². The quantitative estimate of drug-likeness (QED) is 0.728. The van der Waals surface area contributed by atoms with Gasteiger partial charge >= 0.3 is 0 Å². The molecule has 0 aromatic carbocycles. The average molecular weight is 296 g/mol. The van der Waals surface area contributed by atoms with Crippen LogP contribution in [0.3, 0.4) is 0 Å².